The van der Waals surface area contributed by atoms with E-state index < -0.39 is 0 Å². The fourth-order valence-corrected chi connectivity index (χ4v) is 8.54. The van der Waals surface area contributed by atoms with Gasteiger partial charge in [-0.25, -0.2) is 0 Å². The predicted molar refractivity (Wildman–Crippen MR) is 218 cm³/mol. The van der Waals surface area contributed by atoms with Crippen LogP contribution in [0.1, 0.15) is 0 Å². The molecule has 0 radical (unpaired) electrons. The number of hydrogen-bond acceptors (Lipinski definition) is 3. The molecule has 0 fully saturated rings. The lowest BCUT2D eigenvalue weighted by atomic mass is 9.96. The molecular formula is C48H31NOS. The largest absolute Gasteiger partial charge is 0.455 e. The molecule has 10 aromatic rings. The van der Waals surface area contributed by atoms with Gasteiger partial charge in [0.1, 0.15) is 11.2 Å². The van der Waals surface area contributed by atoms with Crippen LogP contribution in [-0.2, 0) is 0 Å². The van der Waals surface area contributed by atoms with E-state index in [0.717, 1.165) is 61.3 Å². The number of hydrogen-bond donors (Lipinski definition) is 0. The lowest BCUT2D eigenvalue weighted by Crippen LogP contribution is -2.10. The summed E-state index contributed by atoms with van der Waals surface area (Å²) in [6.07, 6.45) is 0. The van der Waals surface area contributed by atoms with Crippen LogP contribution in [0.15, 0.2) is 192 Å². The van der Waals surface area contributed by atoms with Crippen molar-refractivity contribution in [3.63, 3.8) is 0 Å². The Labute approximate surface area is 300 Å². The van der Waals surface area contributed by atoms with Crippen molar-refractivity contribution in [2.45, 2.75) is 0 Å². The normalized spacial score (nSPS) is 11.5. The molecule has 0 unspecified atom stereocenters. The molecule has 0 N–H and O–H groups in total. The molecule has 0 saturated heterocycles. The van der Waals surface area contributed by atoms with Crippen molar-refractivity contribution >= 4 is 70.5 Å². The molecule has 0 atom stereocenters. The molecule has 0 aliphatic rings. The molecule has 3 heteroatoms. The van der Waals surface area contributed by atoms with Crippen molar-refractivity contribution < 1.29 is 4.42 Å². The van der Waals surface area contributed by atoms with E-state index in [-0.39, 0.29) is 0 Å². The van der Waals surface area contributed by atoms with Gasteiger partial charge in [0.25, 0.3) is 0 Å². The van der Waals surface area contributed by atoms with Crippen LogP contribution < -0.4 is 4.90 Å². The maximum atomic E-state index is 6.57. The van der Waals surface area contributed by atoms with Gasteiger partial charge in [-0.15, -0.1) is 11.3 Å². The van der Waals surface area contributed by atoms with Crippen molar-refractivity contribution in [3.8, 4) is 33.4 Å². The quantitative estimate of drug-likeness (QED) is 0.175. The van der Waals surface area contributed by atoms with Gasteiger partial charge in [0.2, 0.25) is 0 Å². The average molecular weight is 670 g/mol. The van der Waals surface area contributed by atoms with Crippen LogP contribution in [0.3, 0.4) is 0 Å². The van der Waals surface area contributed by atoms with Crippen LogP contribution in [-0.4, -0.2) is 0 Å². The predicted octanol–water partition coefficient (Wildman–Crippen LogP) is 14.4. The molecule has 2 aromatic heterocycles. The summed E-state index contributed by atoms with van der Waals surface area (Å²) in [6.45, 7) is 0. The Morgan fingerprint density at radius 2 is 0.961 bits per heavy atom. The Bertz CT molecular complexity index is 2850. The molecule has 0 saturated carbocycles. The van der Waals surface area contributed by atoms with E-state index in [4.69, 9.17) is 4.42 Å². The summed E-state index contributed by atoms with van der Waals surface area (Å²) >= 11 is 1.85. The number of thiophene rings is 1. The van der Waals surface area contributed by atoms with E-state index in [2.05, 4.69) is 187 Å². The van der Waals surface area contributed by atoms with Gasteiger partial charge in [-0.3, -0.25) is 0 Å². The molecule has 2 heterocycles. The number of para-hydroxylation sites is 2. The standard InChI is InChI=1S/C48H31NOS/c1-3-12-32(13-4-1)34-22-24-37(25-23-34)49(38-26-27-43-42-17-8-10-21-46(42)51-47(43)31-38)39-29-35(33-14-5-2-6-15-33)28-36(30-39)40-18-11-19-44-41-16-7-9-20-45(41)50-48(40)44/h1-31H. The fourth-order valence-electron chi connectivity index (χ4n) is 7.40. The number of benzene rings is 8. The van der Waals surface area contributed by atoms with Gasteiger partial charge in [0.15, 0.2) is 0 Å². The highest BCUT2D eigenvalue weighted by atomic mass is 32.1. The van der Waals surface area contributed by atoms with Crippen LogP contribution in [0, 0.1) is 0 Å². The van der Waals surface area contributed by atoms with E-state index in [1.807, 2.05) is 17.4 Å². The third-order valence-electron chi connectivity index (χ3n) is 9.85. The molecule has 240 valence electrons. The molecule has 10 rings (SSSR count). The average Bonchev–Trinajstić information content (AvgIpc) is 3.77. The Morgan fingerprint density at radius 3 is 1.76 bits per heavy atom. The first-order chi connectivity index (χ1) is 25.3. The van der Waals surface area contributed by atoms with E-state index >= 15 is 0 Å². The van der Waals surface area contributed by atoms with E-state index in [9.17, 15) is 0 Å². The highest BCUT2D eigenvalue weighted by Gasteiger charge is 2.19. The second kappa shape index (κ2) is 12.2. The van der Waals surface area contributed by atoms with E-state index in [1.165, 1.54) is 31.3 Å². The first-order valence-corrected chi connectivity index (χ1v) is 18.1. The summed E-state index contributed by atoms with van der Waals surface area (Å²) in [7, 11) is 0. The van der Waals surface area contributed by atoms with Gasteiger partial charge in [-0.05, 0) is 82.4 Å². The van der Waals surface area contributed by atoms with Gasteiger partial charge in [0, 0.05) is 53.6 Å². The Morgan fingerprint density at radius 1 is 0.353 bits per heavy atom. The third-order valence-corrected chi connectivity index (χ3v) is 11.0. The van der Waals surface area contributed by atoms with Gasteiger partial charge < -0.3 is 9.32 Å². The highest BCUT2D eigenvalue weighted by molar-refractivity contribution is 7.25. The smallest absolute Gasteiger partial charge is 0.143 e. The van der Waals surface area contributed by atoms with Crippen LogP contribution in [0.25, 0.3) is 75.5 Å². The molecule has 8 aromatic carbocycles. The number of furan rings is 1. The molecule has 0 amide bonds. The zero-order valence-corrected chi connectivity index (χ0v) is 28.5. The zero-order valence-electron chi connectivity index (χ0n) is 27.7. The Hall–Kier alpha value is -6.42. The Kier molecular flexibility index (Phi) is 7.04. The molecule has 51 heavy (non-hydrogen) atoms. The molecular weight excluding hydrogens is 639 g/mol. The summed E-state index contributed by atoms with van der Waals surface area (Å²) in [5.74, 6) is 0. The summed E-state index contributed by atoms with van der Waals surface area (Å²) in [6, 6.07) is 67.5. The number of anilines is 3. The van der Waals surface area contributed by atoms with Crippen LogP contribution in [0.2, 0.25) is 0 Å². The van der Waals surface area contributed by atoms with Crippen molar-refractivity contribution in [2.24, 2.45) is 0 Å². The first-order valence-electron chi connectivity index (χ1n) is 17.2. The van der Waals surface area contributed by atoms with Crippen molar-refractivity contribution in [2.75, 3.05) is 4.90 Å². The molecule has 0 aliphatic carbocycles. The van der Waals surface area contributed by atoms with E-state index in [0.29, 0.717) is 0 Å². The van der Waals surface area contributed by atoms with Crippen LogP contribution >= 0.6 is 11.3 Å². The maximum Gasteiger partial charge on any atom is 0.143 e. The van der Waals surface area contributed by atoms with Crippen molar-refractivity contribution in [1.82, 2.24) is 0 Å². The molecule has 0 aliphatic heterocycles. The summed E-state index contributed by atoms with van der Waals surface area (Å²) in [5, 5.41) is 4.84. The van der Waals surface area contributed by atoms with Crippen molar-refractivity contribution in [3.05, 3.63) is 188 Å². The first kappa shape index (κ1) is 29.5. The molecule has 0 spiro atoms. The SMILES string of the molecule is c1ccc(-c2ccc(N(c3cc(-c4ccccc4)cc(-c4cccc5c4oc4ccccc45)c3)c3ccc4c(c3)sc3ccccc34)cc2)cc1. The minimum absolute atomic E-state index is 0.899. The minimum atomic E-state index is 0.899. The Balaban J connectivity index is 1.21. The van der Waals surface area contributed by atoms with Gasteiger partial charge in [-0.1, -0.05) is 133 Å². The fraction of sp³-hybridized carbons (Fsp3) is 0. The lowest BCUT2D eigenvalue weighted by Gasteiger charge is -2.27. The monoisotopic (exact) mass is 669 g/mol. The number of nitrogens with zero attached hydrogens (tertiary/aromatic N) is 1. The zero-order chi connectivity index (χ0) is 33.7. The number of fused-ring (bicyclic) bond motifs is 6. The van der Waals surface area contributed by atoms with E-state index in [1.54, 1.807) is 0 Å². The van der Waals surface area contributed by atoms with Gasteiger partial charge in [0.05, 0.1) is 0 Å². The summed E-state index contributed by atoms with van der Waals surface area (Å²) < 4.78 is 9.14. The van der Waals surface area contributed by atoms with Gasteiger partial charge >= 0.3 is 0 Å². The second-order valence-corrected chi connectivity index (χ2v) is 14.0. The highest BCUT2D eigenvalue weighted by Crippen LogP contribution is 2.44. The van der Waals surface area contributed by atoms with Crippen molar-refractivity contribution in [1.29, 1.82) is 0 Å². The molecule has 0 bridgehead atoms. The van der Waals surface area contributed by atoms with Crippen LogP contribution in [0.5, 0.6) is 0 Å². The summed E-state index contributed by atoms with van der Waals surface area (Å²) in [4.78, 5) is 2.40. The minimum Gasteiger partial charge on any atom is -0.455 e. The molecule has 2 nitrogen and oxygen atoms in total. The second-order valence-electron chi connectivity index (χ2n) is 12.9. The maximum absolute atomic E-state index is 6.57. The summed E-state index contributed by atoms with van der Waals surface area (Å²) in [5.41, 5.74) is 12.0. The lowest BCUT2D eigenvalue weighted by molar-refractivity contribution is 0.670. The van der Waals surface area contributed by atoms with Crippen LogP contribution in [0.4, 0.5) is 17.1 Å². The third kappa shape index (κ3) is 5.18. The van der Waals surface area contributed by atoms with Gasteiger partial charge in [-0.2, -0.15) is 0 Å². The topological polar surface area (TPSA) is 16.4 Å². The number of rotatable bonds is 6.